The Bertz CT molecular complexity index is 256. The first-order valence-corrected chi connectivity index (χ1v) is 5.76. The highest BCUT2D eigenvalue weighted by atomic mass is 16.2. The van der Waals surface area contributed by atoms with Gasteiger partial charge in [-0.1, -0.05) is 6.92 Å². The summed E-state index contributed by atoms with van der Waals surface area (Å²) in [5.74, 6) is 3.61. The van der Waals surface area contributed by atoms with E-state index in [9.17, 15) is 4.79 Å². The summed E-state index contributed by atoms with van der Waals surface area (Å²) in [4.78, 5) is 11.7. The second-order valence-electron chi connectivity index (χ2n) is 5.23. The van der Waals surface area contributed by atoms with Crippen molar-refractivity contribution in [3.8, 4) is 0 Å². The van der Waals surface area contributed by atoms with E-state index < -0.39 is 0 Å². The minimum Gasteiger partial charge on any atom is -0.356 e. The number of piperidine rings is 1. The average molecular weight is 194 g/mol. The Labute approximate surface area is 84.6 Å². The normalized spacial score (nSPS) is 48.5. The number of rotatable bonds is 3. The van der Waals surface area contributed by atoms with Gasteiger partial charge in [-0.15, -0.1) is 0 Å². The Morgan fingerprint density at radius 3 is 2.64 bits per heavy atom. The fraction of sp³-hybridized carbons (Fsp3) is 0.909. The van der Waals surface area contributed by atoms with E-state index in [0.717, 1.165) is 31.5 Å². The summed E-state index contributed by atoms with van der Waals surface area (Å²) in [6, 6.07) is 0. The van der Waals surface area contributed by atoms with Crippen LogP contribution in [0.3, 0.4) is 0 Å². The van der Waals surface area contributed by atoms with Crippen LogP contribution in [-0.2, 0) is 4.79 Å². The van der Waals surface area contributed by atoms with Crippen molar-refractivity contribution in [2.75, 3.05) is 19.6 Å². The molecular weight excluding hydrogens is 176 g/mol. The predicted molar refractivity (Wildman–Crippen MR) is 53.6 cm³/mol. The van der Waals surface area contributed by atoms with E-state index in [-0.39, 0.29) is 0 Å². The Morgan fingerprint density at radius 1 is 1.43 bits per heavy atom. The predicted octanol–water partition coefficient (Wildman–Crippen LogP) is 0.224. The highest BCUT2D eigenvalue weighted by Crippen LogP contribution is 2.48. The maximum absolute atomic E-state index is 11.7. The van der Waals surface area contributed by atoms with Crippen molar-refractivity contribution >= 4 is 5.91 Å². The maximum Gasteiger partial charge on any atom is 0.223 e. The van der Waals surface area contributed by atoms with Crippen LogP contribution in [-0.4, -0.2) is 25.5 Å². The fourth-order valence-corrected chi connectivity index (χ4v) is 2.84. The third-order valence-electron chi connectivity index (χ3n) is 4.21. The first-order chi connectivity index (χ1) is 6.77. The van der Waals surface area contributed by atoms with Crippen molar-refractivity contribution < 1.29 is 4.79 Å². The highest BCUT2D eigenvalue weighted by Gasteiger charge is 2.56. The molecule has 0 spiro atoms. The van der Waals surface area contributed by atoms with Gasteiger partial charge in [-0.3, -0.25) is 4.79 Å². The van der Waals surface area contributed by atoms with Gasteiger partial charge in [-0.2, -0.15) is 0 Å². The molecule has 2 N–H and O–H groups in total. The van der Waals surface area contributed by atoms with E-state index in [1.807, 2.05) is 0 Å². The van der Waals surface area contributed by atoms with Crippen LogP contribution >= 0.6 is 0 Å². The van der Waals surface area contributed by atoms with Crippen LogP contribution in [0.1, 0.15) is 13.3 Å². The van der Waals surface area contributed by atoms with Gasteiger partial charge in [0.15, 0.2) is 0 Å². The zero-order valence-electron chi connectivity index (χ0n) is 8.62. The molecule has 5 atom stereocenters. The van der Waals surface area contributed by atoms with Gasteiger partial charge in [0.25, 0.3) is 0 Å². The summed E-state index contributed by atoms with van der Waals surface area (Å²) in [5.41, 5.74) is 0. The first-order valence-electron chi connectivity index (χ1n) is 5.76. The van der Waals surface area contributed by atoms with E-state index in [2.05, 4.69) is 17.6 Å². The van der Waals surface area contributed by atoms with Gasteiger partial charge >= 0.3 is 0 Å². The average Bonchev–Trinajstić information content (AvgIpc) is 3.00. The van der Waals surface area contributed by atoms with Crippen molar-refractivity contribution in [2.24, 2.45) is 29.6 Å². The zero-order chi connectivity index (χ0) is 9.71. The van der Waals surface area contributed by atoms with Gasteiger partial charge < -0.3 is 10.6 Å². The Kier molecular flexibility index (Phi) is 1.84. The van der Waals surface area contributed by atoms with Crippen LogP contribution in [0.4, 0.5) is 0 Å². The smallest absolute Gasteiger partial charge is 0.223 e. The molecule has 3 aliphatic rings. The Balaban J connectivity index is 1.43. The number of fused-ring (bicyclic) bond motifs is 1. The molecule has 0 bridgehead atoms. The molecule has 3 rings (SSSR count). The Hall–Kier alpha value is -0.570. The third kappa shape index (κ3) is 1.34. The minimum absolute atomic E-state index is 0.320. The number of hydrogen-bond acceptors (Lipinski definition) is 2. The minimum atomic E-state index is 0.320. The molecule has 0 aromatic rings. The lowest BCUT2D eigenvalue weighted by Gasteiger charge is -2.06. The molecule has 1 saturated heterocycles. The summed E-state index contributed by atoms with van der Waals surface area (Å²) in [5, 5.41) is 6.41. The van der Waals surface area contributed by atoms with Crippen LogP contribution < -0.4 is 10.6 Å². The van der Waals surface area contributed by atoms with Gasteiger partial charge in [0.1, 0.15) is 0 Å². The fourth-order valence-electron chi connectivity index (χ4n) is 2.84. The van der Waals surface area contributed by atoms with E-state index in [4.69, 9.17) is 0 Å². The highest BCUT2D eigenvalue weighted by molar-refractivity contribution is 5.82. The first kappa shape index (κ1) is 8.72. The molecule has 0 aromatic heterocycles. The molecule has 1 heterocycles. The summed E-state index contributed by atoms with van der Waals surface area (Å²) >= 11 is 0. The van der Waals surface area contributed by atoms with Crippen molar-refractivity contribution in [1.29, 1.82) is 0 Å². The second kappa shape index (κ2) is 2.96. The van der Waals surface area contributed by atoms with Crippen LogP contribution in [0.5, 0.6) is 0 Å². The zero-order valence-corrected chi connectivity index (χ0v) is 8.62. The van der Waals surface area contributed by atoms with Gasteiger partial charge in [0, 0.05) is 12.5 Å². The quantitative estimate of drug-likeness (QED) is 0.675. The lowest BCUT2D eigenvalue weighted by molar-refractivity contribution is -0.123. The maximum atomic E-state index is 11.7. The van der Waals surface area contributed by atoms with Crippen LogP contribution in [0.15, 0.2) is 0 Å². The number of nitrogens with one attached hydrogen (secondary N) is 2. The van der Waals surface area contributed by atoms with E-state index in [0.29, 0.717) is 23.7 Å². The molecular formula is C11H18N2O. The third-order valence-corrected chi connectivity index (χ3v) is 4.21. The summed E-state index contributed by atoms with van der Waals surface area (Å²) in [6.07, 6.45) is 1.30. The molecule has 0 radical (unpaired) electrons. The summed E-state index contributed by atoms with van der Waals surface area (Å²) in [6.45, 7) is 5.29. The van der Waals surface area contributed by atoms with Gasteiger partial charge in [-0.25, -0.2) is 0 Å². The van der Waals surface area contributed by atoms with E-state index in [1.54, 1.807) is 0 Å². The number of carbonyl (C=O) groups excluding carboxylic acids is 1. The molecule has 1 aliphatic heterocycles. The molecule has 0 aromatic carbocycles. The van der Waals surface area contributed by atoms with Crippen molar-refractivity contribution in [3.63, 3.8) is 0 Å². The molecule has 3 heteroatoms. The van der Waals surface area contributed by atoms with Crippen molar-refractivity contribution in [1.82, 2.24) is 10.6 Å². The van der Waals surface area contributed by atoms with E-state index in [1.165, 1.54) is 6.42 Å². The molecule has 78 valence electrons. The van der Waals surface area contributed by atoms with Crippen molar-refractivity contribution in [3.05, 3.63) is 0 Å². The van der Waals surface area contributed by atoms with Gasteiger partial charge in [-0.05, 0) is 43.2 Å². The van der Waals surface area contributed by atoms with Crippen molar-refractivity contribution in [2.45, 2.75) is 13.3 Å². The molecule has 2 saturated carbocycles. The van der Waals surface area contributed by atoms with Crippen LogP contribution in [0.25, 0.3) is 0 Å². The number of carbonyl (C=O) groups is 1. The van der Waals surface area contributed by atoms with Gasteiger partial charge in [0.05, 0.1) is 0 Å². The lowest BCUT2D eigenvalue weighted by atomic mass is 10.2. The SMILES string of the molecule is CC1CC1CNC(=O)C1[C@H]2CNC[C@@H]12. The molecule has 3 fully saturated rings. The summed E-state index contributed by atoms with van der Waals surface area (Å²) < 4.78 is 0. The molecule has 2 aliphatic carbocycles. The molecule has 3 nitrogen and oxygen atoms in total. The van der Waals surface area contributed by atoms with Crippen LogP contribution in [0.2, 0.25) is 0 Å². The summed E-state index contributed by atoms with van der Waals surface area (Å²) in [7, 11) is 0. The monoisotopic (exact) mass is 194 g/mol. The van der Waals surface area contributed by atoms with E-state index >= 15 is 0 Å². The lowest BCUT2D eigenvalue weighted by Crippen LogP contribution is -2.31. The Morgan fingerprint density at radius 2 is 2.07 bits per heavy atom. The topological polar surface area (TPSA) is 41.1 Å². The number of amides is 1. The van der Waals surface area contributed by atoms with Gasteiger partial charge in [0.2, 0.25) is 5.91 Å². The van der Waals surface area contributed by atoms with Crippen LogP contribution in [0, 0.1) is 29.6 Å². The molecule has 14 heavy (non-hydrogen) atoms. The largest absolute Gasteiger partial charge is 0.356 e. The molecule has 1 amide bonds. The molecule has 3 unspecified atom stereocenters. The second-order valence-corrected chi connectivity index (χ2v) is 5.23. The number of hydrogen-bond donors (Lipinski definition) is 2. The standard InChI is InChI=1S/C11H18N2O/c1-6-2-7(6)3-13-11(14)10-8-4-12-5-9(8)10/h6-10,12H,2-5H2,1H3,(H,13,14)/t6?,7?,8-,9+,10?.